The second-order valence-electron chi connectivity index (χ2n) is 7.27. The summed E-state index contributed by atoms with van der Waals surface area (Å²) < 4.78 is 5.93. The zero-order valence-electron chi connectivity index (χ0n) is 15.5. The summed E-state index contributed by atoms with van der Waals surface area (Å²) in [4.78, 5) is 41.9. The number of carbonyl (C=O) groups excluding carboxylic acids is 3. The maximum atomic E-state index is 12.3. The third kappa shape index (κ3) is 6.09. The number of piperidine rings is 1. The maximum absolute atomic E-state index is 12.3. The van der Waals surface area contributed by atoms with Crippen molar-refractivity contribution in [1.82, 2.24) is 20.7 Å². The Morgan fingerprint density at radius 1 is 1.26 bits per heavy atom. The zero-order chi connectivity index (χ0) is 20.2. The molecule has 0 atom stereocenters. The van der Waals surface area contributed by atoms with Gasteiger partial charge in [-0.25, -0.2) is 9.78 Å². The van der Waals surface area contributed by atoms with E-state index in [9.17, 15) is 14.4 Å². The minimum atomic E-state index is -0.557. The van der Waals surface area contributed by atoms with Crippen molar-refractivity contribution in [2.45, 2.75) is 39.2 Å². The van der Waals surface area contributed by atoms with E-state index in [1.54, 1.807) is 25.7 Å². The number of pyridine rings is 1. The summed E-state index contributed by atoms with van der Waals surface area (Å²) in [6, 6.07) is 1.52. The van der Waals surface area contributed by atoms with Crippen LogP contribution in [0.5, 0.6) is 0 Å². The number of amides is 3. The van der Waals surface area contributed by atoms with Crippen molar-refractivity contribution in [3.05, 3.63) is 22.3 Å². The van der Waals surface area contributed by atoms with Gasteiger partial charge in [0.2, 0.25) is 5.91 Å². The number of carbonyl (C=O) groups is 3. The van der Waals surface area contributed by atoms with E-state index in [4.69, 9.17) is 10.5 Å². The van der Waals surface area contributed by atoms with Crippen LogP contribution in [0.3, 0.4) is 0 Å². The first-order valence-electron chi connectivity index (χ1n) is 8.56. The molecule has 0 saturated carbocycles. The topological polar surface area (TPSA) is 127 Å². The molecular formula is C17H24BrN5O4. The molecule has 27 heavy (non-hydrogen) atoms. The number of nitrogens with zero attached hydrogens (tertiary/aromatic N) is 2. The van der Waals surface area contributed by atoms with Gasteiger partial charge in [0.1, 0.15) is 11.4 Å². The number of hydrogen-bond donors (Lipinski definition) is 3. The minimum absolute atomic E-state index is 0.0654. The molecule has 1 aromatic rings. The van der Waals surface area contributed by atoms with Crippen LogP contribution in [0.1, 0.15) is 44.0 Å². The lowest BCUT2D eigenvalue weighted by atomic mass is 9.96. The van der Waals surface area contributed by atoms with Crippen LogP contribution in [-0.4, -0.2) is 46.5 Å². The van der Waals surface area contributed by atoms with Gasteiger partial charge < -0.3 is 15.4 Å². The second-order valence-corrected chi connectivity index (χ2v) is 8.19. The number of aromatic nitrogens is 1. The molecule has 1 saturated heterocycles. The Morgan fingerprint density at radius 2 is 1.89 bits per heavy atom. The number of likely N-dealkylation sites (tertiary alicyclic amines) is 1. The number of hydrogen-bond acceptors (Lipinski definition) is 6. The first-order valence-corrected chi connectivity index (χ1v) is 9.35. The van der Waals surface area contributed by atoms with E-state index in [1.807, 2.05) is 0 Å². The number of nitrogens with two attached hydrogens (primary N) is 1. The number of hydrazine groups is 1. The van der Waals surface area contributed by atoms with Crippen LogP contribution in [-0.2, 0) is 9.53 Å². The molecule has 0 radical (unpaired) electrons. The molecule has 0 aromatic carbocycles. The van der Waals surface area contributed by atoms with E-state index in [-0.39, 0.29) is 29.3 Å². The highest BCUT2D eigenvalue weighted by Crippen LogP contribution is 2.20. The van der Waals surface area contributed by atoms with Crippen LogP contribution >= 0.6 is 15.9 Å². The van der Waals surface area contributed by atoms with E-state index in [2.05, 4.69) is 31.8 Å². The van der Waals surface area contributed by atoms with E-state index < -0.39 is 11.5 Å². The Hall–Kier alpha value is -2.36. The molecule has 1 fully saturated rings. The molecule has 2 rings (SSSR count). The lowest BCUT2D eigenvalue weighted by Gasteiger charge is -2.32. The Kier molecular flexibility index (Phi) is 6.63. The molecular weight excluding hydrogens is 418 g/mol. The predicted octanol–water partition coefficient (Wildman–Crippen LogP) is 1.83. The van der Waals surface area contributed by atoms with Gasteiger partial charge in [0.25, 0.3) is 5.91 Å². The van der Waals surface area contributed by atoms with Gasteiger partial charge >= 0.3 is 6.09 Å². The van der Waals surface area contributed by atoms with Crippen LogP contribution in [0.2, 0.25) is 0 Å². The normalized spacial score (nSPS) is 15.2. The first-order chi connectivity index (χ1) is 12.6. The Labute approximate surface area is 166 Å². The van der Waals surface area contributed by atoms with Gasteiger partial charge in [-0.1, -0.05) is 0 Å². The SMILES string of the molecule is CC(C)(C)OC(=O)N1CCC(C(=O)NNC(=O)c2cc(Br)cnc2N)CC1. The molecule has 4 N–H and O–H groups in total. The van der Waals surface area contributed by atoms with Crippen LogP contribution in [0.4, 0.5) is 10.6 Å². The van der Waals surface area contributed by atoms with Gasteiger partial charge in [-0.2, -0.15) is 0 Å². The fraction of sp³-hybridized carbons (Fsp3) is 0.529. The van der Waals surface area contributed by atoms with Crippen molar-refractivity contribution >= 4 is 39.7 Å². The number of rotatable bonds is 2. The molecule has 10 heteroatoms. The Balaban J connectivity index is 1.82. The quantitative estimate of drug-likeness (QED) is 0.600. The number of ether oxygens (including phenoxy) is 1. The van der Waals surface area contributed by atoms with E-state index >= 15 is 0 Å². The zero-order valence-corrected chi connectivity index (χ0v) is 17.1. The number of nitrogen functional groups attached to an aromatic ring is 1. The maximum Gasteiger partial charge on any atom is 0.410 e. The molecule has 1 aromatic heterocycles. The number of anilines is 1. The van der Waals surface area contributed by atoms with Crippen LogP contribution < -0.4 is 16.6 Å². The van der Waals surface area contributed by atoms with Crippen molar-refractivity contribution in [3.63, 3.8) is 0 Å². The highest BCUT2D eigenvalue weighted by molar-refractivity contribution is 9.10. The number of nitrogens with one attached hydrogen (secondary N) is 2. The smallest absolute Gasteiger partial charge is 0.410 e. The largest absolute Gasteiger partial charge is 0.444 e. The third-order valence-electron chi connectivity index (χ3n) is 3.95. The van der Waals surface area contributed by atoms with E-state index in [0.717, 1.165) is 0 Å². The Bertz CT molecular complexity index is 727. The third-order valence-corrected chi connectivity index (χ3v) is 4.38. The fourth-order valence-electron chi connectivity index (χ4n) is 2.57. The highest BCUT2D eigenvalue weighted by atomic mass is 79.9. The summed E-state index contributed by atoms with van der Waals surface area (Å²) in [6.45, 7) is 6.26. The van der Waals surface area contributed by atoms with Crippen molar-refractivity contribution in [2.24, 2.45) is 5.92 Å². The molecule has 3 amide bonds. The molecule has 0 spiro atoms. The van der Waals surface area contributed by atoms with Crippen molar-refractivity contribution < 1.29 is 19.1 Å². The van der Waals surface area contributed by atoms with Crippen LogP contribution in [0, 0.1) is 5.92 Å². The van der Waals surface area contributed by atoms with Gasteiger partial charge in [-0.3, -0.25) is 20.4 Å². The van der Waals surface area contributed by atoms with Crippen molar-refractivity contribution in [3.8, 4) is 0 Å². The minimum Gasteiger partial charge on any atom is -0.444 e. The lowest BCUT2D eigenvalue weighted by Crippen LogP contribution is -2.48. The summed E-state index contributed by atoms with van der Waals surface area (Å²) in [5, 5.41) is 0. The van der Waals surface area contributed by atoms with Gasteiger partial charge in [0.05, 0.1) is 5.56 Å². The summed E-state index contributed by atoms with van der Waals surface area (Å²) in [5.74, 6) is -1.10. The first kappa shape index (κ1) is 20.9. The molecule has 2 heterocycles. The summed E-state index contributed by atoms with van der Waals surface area (Å²) in [7, 11) is 0. The standard InChI is InChI=1S/C17H24BrN5O4/c1-17(2,3)27-16(26)23-6-4-10(5-7-23)14(24)21-22-15(25)12-8-11(18)9-20-13(12)19/h8-10H,4-7H2,1-3H3,(H2,19,20)(H,21,24)(H,22,25). The van der Waals surface area contributed by atoms with Crippen LogP contribution in [0.25, 0.3) is 0 Å². The lowest BCUT2D eigenvalue weighted by molar-refractivity contribution is -0.127. The average molecular weight is 442 g/mol. The molecule has 9 nitrogen and oxygen atoms in total. The van der Waals surface area contributed by atoms with Gasteiger partial charge in [0, 0.05) is 29.7 Å². The molecule has 1 aliphatic rings. The molecule has 0 unspecified atom stereocenters. The monoisotopic (exact) mass is 441 g/mol. The van der Waals surface area contributed by atoms with Gasteiger partial charge in [-0.05, 0) is 55.6 Å². The molecule has 148 valence electrons. The van der Waals surface area contributed by atoms with E-state index in [1.165, 1.54) is 12.3 Å². The second kappa shape index (κ2) is 8.55. The van der Waals surface area contributed by atoms with Crippen molar-refractivity contribution in [1.29, 1.82) is 0 Å². The molecule has 0 aliphatic carbocycles. The van der Waals surface area contributed by atoms with Gasteiger partial charge in [-0.15, -0.1) is 0 Å². The molecule has 1 aliphatic heterocycles. The molecule has 0 bridgehead atoms. The summed E-state index contributed by atoms with van der Waals surface area (Å²) in [6.07, 6.45) is 2.07. The van der Waals surface area contributed by atoms with Gasteiger partial charge in [0.15, 0.2) is 0 Å². The fourth-order valence-corrected chi connectivity index (χ4v) is 2.90. The Morgan fingerprint density at radius 3 is 2.48 bits per heavy atom. The summed E-state index contributed by atoms with van der Waals surface area (Å²) in [5.41, 5.74) is 10.0. The average Bonchev–Trinajstić information content (AvgIpc) is 2.60. The highest BCUT2D eigenvalue weighted by Gasteiger charge is 2.30. The number of halogens is 1. The summed E-state index contributed by atoms with van der Waals surface area (Å²) >= 11 is 3.21. The van der Waals surface area contributed by atoms with E-state index in [0.29, 0.717) is 30.4 Å². The predicted molar refractivity (Wildman–Crippen MR) is 102 cm³/mol. The van der Waals surface area contributed by atoms with Crippen molar-refractivity contribution in [2.75, 3.05) is 18.8 Å². The van der Waals surface area contributed by atoms with Crippen LogP contribution in [0.15, 0.2) is 16.7 Å².